The van der Waals surface area contributed by atoms with E-state index in [-0.39, 0.29) is 52.3 Å². The summed E-state index contributed by atoms with van der Waals surface area (Å²) in [5, 5.41) is 2.67. The summed E-state index contributed by atoms with van der Waals surface area (Å²) in [5.41, 5.74) is -1.08. The average Bonchev–Trinajstić information content (AvgIpc) is 2.86. The minimum atomic E-state index is -4.67. The number of nitrogens with one attached hydrogen (secondary N) is 1. The number of hydrogen-bond acceptors (Lipinski definition) is 7. The van der Waals surface area contributed by atoms with Crippen LogP contribution in [-0.4, -0.2) is 40.8 Å². The summed E-state index contributed by atoms with van der Waals surface area (Å²) in [6.07, 6.45) is -4.21. The molecule has 0 saturated heterocycles. The van der Waals surface area contributed by atoms with Crippen LogP contribution in [0.1, 0.15) is 59.1 Å². The molecule has 1 N–H and O–H groups in total. The molecular weight excluding hydrogens is 521 g/mol. The number of anilines is 1. The Balaban J connectivity index is 1.50. The number of aromatic nitrogens is 3. The molecule has 0 radical (unpaired) electrons. The normalized spacial score (nSPS) is 17.7. The zero-order chi connectivity index (χ0) is 27.9. The lowest BCUT2D eigenvalue weighted by atomic mass is 9.71. The molecule has 4 rings (SSSR count). The topological polar surface area (TPSA) is 119 Å². The molecule has 3 aromatic rings. The molecule has 1 amide bonds. The molecule has 2 aromatic heterocycles. The van der Waals surface area contributed by atoms with E-state index < -0.39 is 32.9 Å². The number of sulfone groups is 1. The lowest BCUT2D eigenvalue weighted by Crippen LogP contribution is -2.39. The predicted molar refractivity (Wildman–Crippen MR) is 133 cm³/mol. The number of halogens is 3. The van der Waals surface area contributed by atoms with Crippen LogP contribution in [0, 0.1) is 6.92 Å². The van der Waals surface area contributed by atoms with Crippen LogP contribution in [0.2, 0.25) is 0 Å². The van der Waals surface area contributed by atoms with Crippen LogP contribution in [-0.2, 0) is 39.1 Å². The smallest absolute Gasteiger partial charge is 0.310 e. The van der Waals surface area contributed by atoms with Crippen LogP contribution in [0.4, 0.5) is 19.0 Å². The number of carbonyl (C=O) groups excluding carboxylic acids is 2. The maximum Gasteiger partial charge on any atom is 0.433 e. The minimum absolute atomic E-state index is 0.00288. The number of Topliss-reactive ketones (excluding diaryl/α,β-unsaturated/α-hetero) is 1. The summed E-state index contributed by atoms with van der Waals surface area (Å²) in [4.78, 5) is 38.1. The lowest BCUT2D eigenvalue weighted by molar-refractivity contribution is -0.141. The number of fused-ring (bicyclic) bond motifs is 1. The van der Waals surface area contributed by atoms with Gasteiger partial charge in [0.25, 0.3) is 0 Å². The van der Waals surface area contributed by atoms with E-state index in [2.05, 4.69) is 20.3 Å². The van der Waals surface area contributed by atoms with Crippen LogP contribution < -0.4 is 5.32 Å². The first-order chi connectivity index (χ1) is 17.7. The quantitative estimate of drug-likeness (QED) is 0.491. The molecule has 1 aromatic carbocycles. The van der Waals surface area contributed by atoms with Crippen molar-refractivity contribution in [3.05, 3.63) is 76.5 Å². The van der Waals surface area contributed by atoms with Crippen molar-refractivity contribution in [2.24, 2.45) is 0 Å². The standard InChI is InChI=1S/C26H25F3N4O4S/c1-4-38(36,37)17-7-5-16(6-8-17)13-23(34)33-22-10-9-18-19(32-22)11-12-25(3,24(18)35)20-14-21(26(27,28)29)31-15(2)30-20/h5-10,14H,4,11-13H2,1-3H3,(H,32,33,34). The number of ketones is 1. The fourth-order valence-electron chi connectivity index (χ4n) is 4.34. The molecule has 1 aliphatic rings. The third kappa shape index (κ3) is 5.45. The SMILES string of the molecule is CCS(=O)(=O)c1ccc(CC(=O)Nc2ccc3c(n2)CCC(C)(c2cc(C(F)(F)F)nc(C)n2)C3=O)cc1. The van der Waals surface area contributed by atoms with E-state index in [4.69, 9.17) is 0 Å². The van der Waals surface area contributed by atoms with Crippen molar-refractivity contribution in [1.82, 2.24) is 15.0 Å². The zero-order valence-corrected chi connectivity index (χ0v) is 21.7. The van der Waals surface area contributed by atoms with E-state index in [1.54, 1.807) is 26.0 Å². The van der Waals surface area contributed by atoms with Gasteiger partial charge in [-0.3, -0.25) is 9.59 Å². The van der Waals surface area contributed by atoms with Crippen molar-refractivity contribution in [2.45, 2.75) is 56.5 Å². The van der Waals surface area contributed by atoms with Gasteiger partial charge in [0.05, 0.1) is 33.9 Å². The van der Waals surface area contributed by atoms with Crippen LogP contribution in [0.3, 0.4) is 0 Å². The second-order valence-electron chi connectivity index (χ2n) is 9.31. The summed E-state index contributed by atoms with van der Waals surface area (Å²) in [5.74, 6) is -0.657. The highest BCUT2D eigenvalue weighted by atomic mass is 32.2. The molecule has 1 atom stereocenters. The highest BCUT2D eigenvalue weighted by molar-refractivity contribution is 7.91. The van der Waals surface area contributed by atoms with Crippen molar-refractivity contribution in [1.29, 1.82) is 0 Å². The Kier molecular flexibility index (Phi) is 7.13. The highest BCUT2D eigenvalue weighted by Gasteiger charge is 2.44. The van der Waals surface area contributed by atoms with Crippen molar-refractivity contribution >= 4 is 27.3 Å². The molecule has 12 heteroatoms. The molecular formula is C26H25F3N4O4S. The molecule has 8 nitrogen and oxygen atoms in total. The van der Waals surface area contributed by atoms with Crippen molar-refractivity contribution in [3.8, 4) is 0 Å². The summed E-state index contributed by atoms with van der Waals surface area (Å²) in [6.45, 7) is 4.46. The first-order valence-corrected chi connectivity index (χ1v) is 13.5. The Bertz CT molecular complexity index is 1520. The number of carbonyl (C=O) groups is 2. The third-order valence-electron chi connectivity index (χ3n) is 6.57. The maximum absolute atomic E-state index is 13.4. The molecule has 1 aliphatic carbocycles. The maximum atomic E-state index is 13.4. The largest absolute Gasteiger partial charge is 0.433 e. The van der Waals surface area contributed by atoms with Gasteiger partial charge in [0.15, 0.2) is 15.6 Å². The summed E-state index contributed by atoms with van der Waals surface area (Å²) in [7, 11) is -3.34. The van der Waals surface area contributed by atoms with Crippen LogP contribution in [0.25, 0.3) is 0 Å². The minimum Gasteiger partial charge on any atom is -0.310 e. The van der Waals surface area contributed by atoms with Gasteiger partial charge in [-0.25, -0.2) is 23.4 Å². The zero-order valence-electron chi connectivity index (χ0n) is 20.9. The fourth-order valence-corrected chi connectivity index (χ4v) is 5.23. The van der Waals surface area contributed by atoms with Crippen LogP contribution >= 0.6 is 0 Å². The van der Waals surface area contributed by atoms with Crippen molar-refractivity contribution < 1.29 is 31.2 Å². The lowest BCUT2D eigenvalue weighted by Gasteiger charge is -2.32. The van der Waals surface area contributed by atoms with Crippen LogP contribution in [0.5, 0.6) is 0 Å². The van der Waals surface area contributed by atoms with Gasteiger partial charge in [-0.05, 0) is 62.6 Å². The van der Waals surface area contributed by atoms with E-state index in [0.717, 1.165) is 6.07 Å². The van der Waals surface area contributed by atoms with E-state index >= 15 is 0 Å². The van der Waals surface area contributed by atoms with Gasteiger partial charge in [0.2, 0.25) is 5.91 Å². The number of rotatable bonds is 6. The van der Waals surface area contributed by atoms with Gasteiger partial charge < -0.3 is 5.32 Å². The number of pyridine rings is 1. The number of amides is 1. The number of benzene rings is 1. The van der Waals surface area contributed by atoms with Crippen molar-refractivity contribution in [3.63, 3.8) is 0 Å². The second-order valence-corrected chi connectivity index (χ2v) is 11.6. The Labute approximate surface area is 217 Å². The molecule has 200 valence electrons. The van der Waals surface area contributed by atoms with Gasteiger partial charge in [0, 0.05) is 5.56 Å². The Morgan fingerprint density at radius 2 is 1.76 bits per heavy atom. The third-order valence-corrected chi connectivity index (χ3v) is 8.32. The molecule has 38 heavy (non-hydrogen) atoms. The fraction of sp³-hybridized carbons (Fsp3) is 0.346. The monoisotopic (exact) mass is 546 g/mol. The summed E-state index contributed by atoms with van der Waals surface area (Å²) in [6, 6.07) is 9.84. The molecule has 2 heterocycles. The van der Waals surface area contributed by atoms with Gasteiger partial charge >= 0.3 is 6.18 Å². The summed E-state index contributed by atoms with van der Waals surface area (Å²) < 4.78 is 63.8. The molecule has 0 spiro atoms. The van der Waals surface area contributed by atoms with E-state index in [9.17, 15) is 31.2 Å². The molecule has 0 fully saturated rings. The van der Waals surface area contributed by atoms with E-state index in [0.29, 0.717) is 17.7 Å². The number of aryl methyl sites for hydroxylation is 2. The summed E-state index contributed by atoms with van der Waals surface area (Å²) >= 11 is 0. The number of alkyl halides is 3. The first-order valence-electron chi connectivity index (χ1n) is 11.8. The van der Waals surface area contributed by atoms with E-state index in [1.807, 2.05) is 0 Å². The Morgan fingerprint density at radius 1 is 1.08 bits per heavy atom. The van der Waals surface area contributed by atoms with Gasteiger partial charge in [-0.15, -0.1) is 0 Å². The molecule has 0 saturated carbocycles. The average molecular weight is 547 g/mol. The first kappa shape index (κ1) is 27.4. The van der Waals surface area contributed by atoms with Crippen LogP contribution in [0.15, 0.2) is 47.4 Å². The van der Waals surface area contributed by atoms with E-state index in [1.165, 1.54) is 31.2 Å². The highest BCUT2D eigenvalue weighted by Crippen LogP contribution is 2.39. The van der Waals surface area contributed by atoms with Gasteiger partial charge in [-0.1, -0.05) is 19.1 Å². The molecule has 0 aliphatic heterocycles. The Hall–Kier alpha value is -3.67. The predicted octanol–water partition coefficient (Wildman–Crippen LogP) is 4.26. The molecule has 1 unspecified atom stereocenters. The number of nitrogens with zero attached hydrogens (tertiary/aromatic N) is 3. The van der Waals surface area contributed by atoms with Gasteiger partial charge in [0.1, 0.15) is 17.3 Å². The second kappa shape index (κ2) is 9.90. The number of hydrogen-bond donors (Lipinski definition) is 1. The Morgan fingerprint density at radius 3 is 2.39 bits per heavy atom. The molecule has 0 bridgehead atoms. The van der Waals surface area contributed by atoms with Crippen molar-refractivity contribution in [2.75, 3.05) is 11.1 Å². The van der Waals surface area contributed by atoms with Gasteiger partial charge in [-0.2, -0.15) is 13.2 Å².